The summed E-state index contributed by atoms with van der Waals surface area (Å²) in [5.74, 6) is 0.359. The Hall–Kier alpha value is -2.34. The molecule has 1 fully saturated rings. The molecule has 0 aromatic heterocycles. The minimum Gasteiger partial charge on any atom is -0.484 e. The van der Waals surface area contributed by atoms with E-state index >= 15 is 0 Å². The van der Waals surface area contributed by atoms with Crippen molar-refractivity contribution in [3.05, 3.63) is 64.1 Å². The number of para-hydroxylation sites is 1. The monoisotopic (exact) mass is 486 g/mol. The maximum atomic E-state index is 13.2. The van der Waals surface area contributed by atoms with Gasteiger partial charge in [-0.05, 0) is 56.0 Å². The molecule has 0 bridgehead atoms. The molecule has 31 heavy (non-hydrogen) atoms. The van der Waals surface area contributed by atoms with Gasteiger partial charge in [0, 0.05) is 17.1 Å². The molecule has 5 nitrogen and oxygen atoms in total. The van der Waals surface area contributed by atoms with Gasteiger partial charge in [0.15, 0.2) is 6.61 Å². The summed E-state index contributed by atoms with van der Waals surface area (Å²) >= 11 is 3.48. The van der Waals surface area contributed by atoms with Crippen LogP contribution in [0.25, 0.3) is 0 Å². The Morgan fingerprint density at radius 2 is 1.87 bits per heavy atom. The van der Waals surface area contributed by atoms with E-state index in [-0.39, 0.29) is 24.5 Å². The van der Waals surface area contributed by atoms with Gasteiger partial charge < -0.3 is 15.0 Å². The van der Waals surface area contributed by atoms with E-state index in [4.69, 9.17) is 4.74 Å². The van der Waals surface area contributed by atoms with Gasteiger partial charge >= 0.3 is 0 Å². The van der Waals surface area contributed by atoms with Crippen LogP contribution in [0, 0.1) is 6.92 Å². The van der Waals surface area contributed by atoms with Crippen LogP contribution in [0.15, 0.2) is 53.0 Å². The number of rotatable bonds is 8. The third-order valence-corrected chi connectivity index (χ3v) is 6.30. The fourth-order valence-corrected chi connectivity index (χ4v) is 4.37. The lowest BCUT2D eigenvalue weighted by atomic mass is 9.95. The van der Waals surface area contributed by atoms with Crippen molar-refractivity contribution in [1.82, 2.24) is 10.2 Å². The highest BCUT2D eigenvalue weighted by molar-refractivity contribution is 9.10. The van der Waals surface area contributed by atoms with E-state index in [2.05, 4.69) is 21.2 Å². The van der Waals surface area contributed by atoms with Crippen LogP contribution in [-0.4, -0.2) is 35.4 Å². The summed E-state index contributed by atoms with van der Waals surface area (Å²) in [6.45, 7) is 3.97. The number of carbonyl (C=O) groups excluding carboxylic acids is 2. The highest BCUT2D eigenvalue weighted by Crippen LogP contribution is 2.20. The zero-order chi connectivity index (χ0) is 22.2. The normalized spacial score (nSPS) is 15.2. The minimum absolute atomic E-state index is 0.105. The van der Waals surface area contributed by atoms with E-state index in [1.807, 2.05) is 55.5 Å². The highest BCUT2D eigenvalue weighted by atomic mass is 79.9. The zero-order valence-corrected chi connectivity index (χ0v) is 19.9. The topological polar surface area (TPSA) is 58.6 Å². The number of amides is 2. The van der Waals surface area contributed by atoms with Gasteiger partial charge in [0.05, 0.1) is 0 Å². The SMILES string of the molecule is Cc1ccccc1OCC(=O)N(Cc1cccc(Br)c1)[C@@H](C)C(=O)NC1CCCCC1. The van der Waals surface area contributed by atoms with Gasteiger partial charge in [-0.2, -0.15) is 0 Å². The highest BCUT2D eigenvalue weighted by Gasteiger charge is 2.28. The second-order valence-corrected chi connectivity index (χ2v) is 9.14. The molecule has 1 aliphatic carbocycles. The molecule has 2 aromatic carbocycles. The number of aryl methyl sites for hydroxylation is 1. The van der Waals surface area contributed by atoms with Crippen molar-refractivity contribution in [3.8, 4) is 5.75 Å². The van der Waals surface area contributed by atoms with Gasteiger partial charge in [-0.25, -0.2) is 0 Å². The minimum atomic E-state index is -0.589. The zero-order valence-electron chi connectivity index (χ0n) is 18.3. The largest absolute Gasteiger partial charge is 0.484 e. The first kappa shape index (κ1) is 23.3. The fourth-order valence-electron chi connectivity index (χ4n) is 3.92. The van der Waals surface area contributed by atoms with Gasteiger partial charge in [-0.3, -0.25) is 9.59 Å². The van der Waals surface area contributed by atoms with Crippen molar-refractivity contribution in [2.45, 2.75) is 64.6 Å². The lowest BCUT2D eigenvalue weighted by molar-refractivity contribution is -0.142. The predicted octanol–water partition coefficient (Wildman–Crippen LogP) is 5.00. The summed E-state index contributed by atoms with van der Waals surface area (Å²) in [5, 5.41) is 3.15. The molecule has 0 saturated heterocycles. The first-order valence-corrected chi connectivity index (χ1v) is 11.8. The first-order valence-electron chi connectivity index (χ1n) is 11.0. The first-order chi connectivity index (χ1) is 14.9. The Morgan fingerprint density at radius 3 is 2.58 bits per heavy atom. The van der Waals surface area contributed by atoms with Gasteiger partial charge in [-0.1, -0.05) is 65.5 Å². The van der Waals surface area contributed by atoms with E-state index in [0.29, 0.717) is 12.3 Å². The Kier molecular flexibility index (Phi) is 8.52. The molecule has 0 unspecified atom stereocenters. The van der Waals surface area contributed by atoms with Crippen LogP contribution in [0.4, 0.5) is 0 Å². The Bertz CT molecular complexity index is 896. The second-order valence-electron chi connectivity index (χ2n) is 8.23. The Labute approximate surface area is 193 Å². The lowest BCUT2D eigenvalue weighted by Gasteiger charge is -2.31. The average Bonchev–Trinajstić information content (AvgIpc) is 2.77. The molecular formula is C25H31BrN2O3. The van der Waals surface area contributed by atoms with Crippen molar-refractivity contribution in [2.75, 3.05) is 6.61 Å². The fraction of sp³-hybridized carbons (Fsp3) is 0.440. The van der Waals surface area contributed by atoms with Gasteiger partial charge in [0.2, 0.25) is 5.91 Å². The Balaban J connectivity index is 1.71. The van der Waals surface area contributed by atoms with Crippen LogP contribution in [0.2, 0.25) is 0 Å². The van der Waals surface area contributed by atoms with Crippen molar-refractivity contribution >= 4 is 27.7 Å². The lowest BCUT2D eigenvalue weighted by Crippen LogP contribution is -2.51. The van der Waals surface area contributed by atoms with Gasteiger partial charge in [0.1, 0.15) is 11.8 Å². The number of hydrogen-bond acceptors (Lipinski definition) is 3. The molecule has 3 rings (SSSR count). The molecule has 1 atom stereocenters. The molecule has 6 heteroatoms. The maximum absolute atomic E-state index is 13.2. The number of ether oxygens (including phenoxy) is 1. The van der Waals surface area contributed by atoms with Crippen LogP contribution in [0.1, 0.15) is 50.2 Å². The maximum Gasteiger partial charge on any atom is 0.261 e. The molecule has 2 aromatic rings. The van der Waals surface area contributed by atoms with E-state index in [1.165, 1.54) is 6.42 Å². The van der Waals surface area contributed by atoms with Crippen molar-refractivity contribution in [3.63, 3.8) is 0 Å². The molecular weight excluding hydrogens is 456 g/mol. The predicted molar refractivity (Wildman–Crippen MR) is 126 cm³/mol. The number of carbonyl (C=O) groups is 2. The standard InChI is InChI=1S/C25H31BrN2O3/c1-18-9-6-7-14-23(18)31-17-24(29)28(16-20-10-8-11-21(26)15-20)19(2)25(30)27-22-12-4-3-5-13-22/h6-11,14-15,19,22H,3-5,12-13,16-17H2,1-2H3,(H,27,30)/t19-/m0/s1. The average molecular weight is 487 g/mol. The molecule has 166 valence electrons. The molecule has 0 heterocycles. The van der Waals surface area contributed by atoms with Crippen LogP contribution in [0.5, 0.6) is 5.75 Å². The number of nitrogens with zero attached hydrogens (tertiary/aromatic N) is 1. The summed E-state index contributed by atoms with van der Waals surface area (Å²) in [6, 6.07) is 15.0. The van der Waals surface area contributed by atoms with Crippen LogP contribution in [-0.2, 0) is 16.1 Å². The summed E-state index contributed by atoms with van der Waals surface area (Å²) in [5.41, 5.74) is 1.92. The molecule has 1 N–H and O–H groups in total. The van der Waals surface area contributed by atoms with Crippen LogP contribution < -0.4 is 10.1 Å². The third-order valence-electron chi connectivity index (χ3n) is 5.81. The molecule has 1 aliphatic rings. The summed E-state index contributed by atoms with van der Waals surface area (Å²) in [6.07, 6.45) is 5.53. The quantitative estimate of drug-likeness (QED) is 0.570. The second kappa shape index (κ2) is 11.3. The van der Waals surface area contributed by atoms with Crippen molar-refractivity contribution in [2.24, 2.45) is 0 Å². The van der Waals surface area contributed by atoms with E-state index in [1.54, 1.807) is 11.8 Å². The van der Waals surface area contributed by atoms with E-state index in [9.17, 15) is 9.59 Å². The van der Waals surface area contributed by atoms with Crippen molar-refractivity contribution < 1.29 is 14.3 Å². The summed E-state index contributed by atoms with van der Waals surface area (Å²) in [7, 11) is 0. The molecule has 0 aliphatic heterocycles. The van der Waals surface area contributed by atoms with Gasteiger partial charge in [-0.15, -0.1) is 0 Å². The van der Waals surface area contributed by atoms with Crippen LogP contribution in [0.3, 0.4) is 0 Å². The smallest absolute Gasteiger partial charge is 0.261 e. The van der Waals surface area contributed by atoms with E-state index in [0.717, 1.165) is 41.3 Å². The van der Waals surface area contributed by atoms with E-state index < -0.39 is 6.04 Å². The molecule has 0 spiro atoms. The number of nitrogens with one attached hydrogen (secondary N) is 1. The number of halogens is 1. The molecule has 1 saturated carbocycles. The van der Waals surface area contributed by atoms with Crippen molar-refractivity contribution in [1.29, 1.82) is 0 Å². The summed E-state index contributed by atoms with van der Waals surface area (Å²) < 4.78 is 6.73. The molecule has 2 amide bonds. The van der Waals surface area contributed by atoms with Gasteiger partial charge in [0.25, 0.3) is 5.91 Å². The number of benzene rings is 2. The summed E-state index contributed by atoms with van der Waals surface area (Å²) in [4.78, 5) is 27.8. The van der Waals surface area contributed by atoms with Crippen LogP contribution >= 0.6 is 15.9 Å². The Morgan fingerprint density at radius 1 is 1.13 bits per heavy atom. The third kappa shape index (κ3) is 6.82. The molecule has 0 radical (unpaired) electrons. The number of hydrogen-bond donors (Lipinski definition) is 1.